The zero-order valence-electron chi connectivity index (χ0n) is 20.3. The number of aryl methyl sites for hydroxylation is 1. The molecule has 0 aliphatic heterocycles. The van der Waals surface area contributed by atoms with Gasteiger partial charge in [-0.25, -0.2) is 12.7 Å². The second-order valence-electron chi connectivity index (χ2n) is 9.28. The Balaban J connectivity index is 1.92. The van der Waals surface area contributed by atoms with Crippen LogP contribution in [-0.2, 0) is 10.0 Å². The van der Waals surface area contributed by atoms with Crippen LogP contribution in [0.4, 0.5) is 5.82 Å². The highest BCUT2D eigenvalue weighted by Crippen LogP contribution is 2.37. The van der Waals surface area contributed by atoms with Crippen molar-refractivity contribution in [1.29, 1.82) is 0 Å². The fourth-order valence-electron chi connectivity index (χ4n) is 3.45. The predicted octanol–water partition coefficient (Wildman–Crippen LogP) is 6.39. The molecule has 4 aromatic rings. The van der Waals surface area contributed by atoms with Crippen LogP contribution in [0, 0.1) is 18.4 Å². The second-order valence-corrected chi connectivity index (χ2v) is 15.9. The van der Waals surface area contributed by atoms with Gasteiger partial charge in [-0.05, 0) is 31.2 Å². The lowest BCUT2D eigenvalue weighted by Gasteiger charge is -2.21. The summed E-state index contributed by atoms with van der Waals surface area (Å²) in [5, 5.41) is 0. The molecular formula is C28H28N2O3SSi. The van der Waals surface area contributed by atoms with Gasteiger partial charge in [-0.15, -0.1) is 5.54 Å². The van der Waals surface area contributed by atoms with Crippen molar-refractivity contribution in [3.05, 3.63) is 90.5 Å². The van der Waals surface area contributed by atoms with Gasteiger partial charge in [-0.3, -0.25) is 0 Å². The van der Waals surface area contributed by atoms with Gasteiger partial charge in [0.1, 0.15) is 8.07 Å². The number of hydrogen-bond acceptors (Lipinski definition) is 4. The molecule has 0 amide bonds. The van der Waals surface area contributed by atoms with Gasteiger partial charge in [0.25, 0.3) is 10.0 Å². The van der Waals surface area contributed by atoms with Crippen molar-refractivity contribution in [3.63, 3.8) is 0 Å². The minimum atomic E-state index is -3.96. The van der Waals surface area contributed by atoms with E-state index in [1.807, 2.05) is 67.6 Å². The van der Waals surface area contributed by atoms with Gasteiger partial charge in [-0.2, -0.15) is 4.98 Å². The number of anilines is 1. The number of nitrogens with zero attached hydrogens (tertiary/aromatic N) is 2. The molecule has 4 rings (SSSR count). The van der Waals surface area contributed by atoms with Crippen molar-refractivity contribution in [3.8, 4) is 34.2 Å². The van der Waals surface area contributed by atoms with E-state index in [1.165, 1.54) is 4.31 Å². The lowest BCUT2D eigenvalue weighted by molar-refractivity contribution is 0.585. The third-order valence-electron chi connectivity index (χ3n) is 5.20. The molecule has 1 heterocycles. The van der Waals surface area contributed by atoms with Crippen LogP contribution >= 0.6 is 0 Å². The summed E-state index contributed by atoms with van der Waals surface area (Å²) in [5.74, 6) is 4.07. The van der Waals surface area contributed by atoms with E-state index in [-0.39, 0.29) is 17.3 Å². The van der Waals surface area contributed by atoms with Crippen LogP contribution in [0.5, 0.6) is 0 Å². The third-order valence-corrected chi connectivity index (χ3v) is 7.87. The van der Waals surface area contributed by atoms with Crippen molar-refractivity contribution in [2.24, 2.45) is 0 Å². The second kappa shape index (κ2) is 9.94. The molecule has 0 aliphatic rings. The highest BCUT2D eigenvalue weighted by atomic mass is 32.2. The highest BCUT2D eigenvalue weighted by molar-refractivity contribution is 7.92. The Morgan fingerprint density at radius 3 is 2.00 bits per heavy atom. The summed E-state index contributed by atoms with van der Waals surface area (Å²) in [7, 11) is -5.69. The molecule has 0 spiro atoms. The zero-order valence-corrected chi connectivity index (χ0v) is 22.1. The van der Waals surface area contributed by atoms with Crippen LogP contribution in [0.3, 0.4) is 0 Å². The first kappa shape index (κ1) is 24.5. The van der Waals surface area contributed by atoms with E-state index < -0.39 is 18.1 Å². The quantitative estimate of drug-likeness (QED) is 0.227. The average molecular weight is 501 g/mol. The van der Waals surface area contributed by atoms with Gasteiger partial charge in [-0.1, -0.05) is 91.8 Å². The molecule has 0 saturated heterocycles. The van der Waals surface area contributed by atoms with Crippen LogP contribution in [-0.4, -0.2) is 28.0 Å². The Morgan fingerprint density at radius 1 is 0.857 bits per heavy atom. The molecule has 0 fully saturated rings. The van der Waals surface area contributed by atoms with Crippen LogP contribution in [0.2, 0.25) is 19.6 Å². The molecular weight excluding hydrogens is 472 g/mol. The van der Waals surface area contributed by atoms with Crippen LogP contribution in [0.1, 0.15) is 5.56 Å². The standard InChI is InChI=1S/C28H28N2O3SSi/c1-22-16-18-25(19-17-22)34(31,32)30(20-11-21-35(2,3)4)27-26(23-12-7-5-8-13-23)33-28(29-27)24-14-9-6-10-15-24/h5-10,12-19H,20H2,1-4H3. The molecule has 0 atom stereocenters. The normalized spacial score (nSPS) is 11.5. The summed E-state index contributed by atoms with van der Waals surface area (Å²) in [6.07, 6.45) is 0. The number of aromatic nitrogens is 1. The number of rotatable bonds is 6. The minimum Gasteiger partial charge on any atom is -0.434 e. The molecule has 1 aromatic heterocycles. The van der Waals surface area contributed by atoms with Gasteiger partial charge < -0.3 is 4.42 Å². The Labute approximate surface area is 208 Å². The van der Waals surface area contributed by atoms with Crippen molar-refractivity contribution >= 4 is 23.9 Å². The van der Waals surface area contributed by atoms with Gasteiger partial charge in [0, 0.05) is 11.1 Å². The fourth-order valence-corrected chi connectivity index (χ4v) is 5.38. The van der Waals surface area contributed by atoms with Crippen LogP contribution in [0.15, 0.2) is 94.2 Å². The molecule has 178 valence electrons. The Hall–Kier alpha value is -3.60. The smallest absolute Gasteiger partial charge is 0.266 e. The molecule has 0 unspecified atom stereocenters. The average Bonchev–Trinajstić information content (AvgIpc) is 3.27. The molecule has 7 heteroatoms. The highest BCUT2D eigenvalue weighted by Gasteiger charge is 2.31. The number of sulfonamides is 1. The van der Waals surface area contributed by atoms with Crippen molar-refractivity contribution in [2.45, 2.75) is 31.5 Å². The summed E-state index contributed by atoms with van der Waals surface area (Å²) in [4.78, 5) is 4.89. The largest absolute Gasteiger partial charge is 0.434 e. The van der Waals surface area contributed by atoms with E-state index in [9.17, 15) is 8.42 Å². The van der Waals surface area contributed by atoms with E-state index in [1.54, 1.807) is 24.3 Å². The molecule has 0 bridgehead atoms. The summed E-state index contributed by atoms with van der Waals surface area (Å²) in [6.45, 7) is 8.26. The van der Waals surface area contributed by atoms with Crippen LogP contribution < -0.4 is 4.31 Å². The minimum absolute atomic E-state index is 0.0267. The zero-order chi connectivity index (χ0) is 25.1. The molecule has 0 aliphatic carbocycles. The lowest BCUT2D eigenvalue weighted by Crippen LogP contribution is -2.32. The van der Waals surface area contributed by atoms with E-state index in [0.717, 1.165) is 16.7 Å². The first-order chi connectivity index (χ1) is 16.6. The Kier molecular flexibility index (Phi) is 6.97. The third kappa shape index (κ3) is 5.73. The van der Waals surface area contributed by atoms with Crippen molar-refractivity contribution in [1.82, 2.24) is 4.98 Å². The number of benzene rings is 3. The Morgan fingerprint density at radius 2 is 1.43 bits per heavy atom. The predicted molar refractivity (Wildman–Crippen MR) is 144 cm³/mol. The summed E-state index contributed by atoms with van der Waals surface area (Å²) in [6, 6.07) is 25.7. The first-order valence-corrected chi connectivity index (χ1v) is 16.3. The molecule has 3 aromatic carbocycles. The van der Waals surface area contributed by atoms with Gasteiger partial charge >= 0.3 is 0 Å². The van der Waals surface area contributed by atoms with Gasteiger partial charge in [0.2, 0.25) is 5.89 Å². The van der Waals surface area contributed by atoms with Gasteiger partial charge in [0.15, 0.2) is 11.6 Å². The van der Waals surface area contributed by atoms with Gasteiger partial charge in [0.05, 0.1) is 11.4 Å². The molecule has 35 heavy (non-hydrogen) atoms. The SMILES string of the molecule is Cc1ccc(S(=O)(=O)N(CC#C[Si](C)(C)C)c2nc(-c3ccccc3)oc2-c2ccccc2)cc1. The number of hydrogen-bond donors (Lipinski definition) is 0. The maximum Gasteiger partial charge on any atom is 0.266 e. The van der Waals surface area contributed by atoms with E-state index >= 15 is 0 Å². The first-order valence-electron chi connectivity index (χ1n) is 11.4. The lowest BCUT2D eigenvalue weighted by atomic mass is 10.2. The maximum absolute atomic E-state index is 13.9. The maximum atomic E-state index is 13.9. The van der Waals surface area contributed by atoms with E-state index in [4.69, 9.17) is 9.40 Å². The monoisotopic (exact) mass is 500 g/mol. The topological polar surface area (TPSA) is 63.4 Å². The van der Waals surface area contributed by atoms with Crippen molar-refractivity contribution in [2.75, 3.05) is 10.8 Å². The van der Waals surface area contributed by atoms with E-state index in [2.05, 4.69) is 31.1 Å². The summed E-state index contributed by atoms with van der Waals surface area (Å²) < 4.78 is 35.3. The molecule has 0 saturated carbocycles. The fraction of sp³-hybridized carbons (Fsp3) is 0.179. The molecule has 5 nitrogen and oxygen atoms in total. The summed E-state index contributed by atoms with van der Waals surface area (Å²) in [5.41, 5.74) is 5.75. The van der Waals surface area contributed by atoms with E-state index in [0.29, 0.717) is 11.7 Å². The number of oxazole rings is 1. The Bertz CT molecular complexity index is 1460. The molecule has 0 radical (unpaired) electrons. The van der Waals surface area contributed by atoms with Crippen molar-refractivity contribution < 1.29 is 12.8 Å². The molecule has 0 N–H and O–H groups in total. The van der Waals surface area contributed by atoms with Crippen LogP contribution in [0.25, 0.3) is 22.8 Å². The summed E-state index contributed by atoms with van der Waals surface area (Å²) >= 11 is 0.